The molecule has 1 aliphatic heterocycles. The molecule has 232 valence electrons. The minimum absolute atomic E-state index is 0.610. The van der Waals surface area contributed by atoms with Crippen LogP contribution in [-0.2, 0) is 0 Å². The molecular formula is C44H24N4O2. The molecule has 0 saturated heterocycles. The third kappa shape index (κ3) is 3.27. The van der Waals surface area contributed by atoms with E-state index < -0.39 is 0 Å². The smallest absolute Gasteiger partial charge is 0.235 e. The van der Waals surface area contributed by atoms with Crippen molar-refractivity contribution in [2.75, 3.05) is 0 Å². The van der Waals surface area contributed by atoms with Gasteiger partial charge in [0.25, 0.3) is 0 Å². The highest BCUT2D eigenvalue weighted by Gasteiger charge is 2.27. The molecule has 0 radical (unpaired) electrons. The van der Waals surface area contributed by atoms with E-state index in [0.29, 0.717) is 5.95 Å². The second-order valence-electron chi connectivity index (χ2n) is 12.9. The lowest BCUT2D eigenvalue weighted by Gasteiger charge is -2.21. The minimum atomic E-state index is 0.610. The lowest BCUT2D eigenvalue weighted by atomic mass is 10.0. The summed E-state index contributed by atoms with van der Waals surface area (Å²) < 4.78 is 17.6. The van der Waals surface area contributed by atoms with Gasteiger partial charge in [-0.3, -0.25) is 4.57 Å². The van der Waals surface area contributed by atoms with Gasteiger partial charge in [0, 0.05) is 38.2 Å². The van der Waals surface area contributed by atoms with Crippen molar-refractivity contribution < 1.29 is 9.15 Å². The molecule has 5 heterocycles. The van der Waals surface area contributed by atoms with Crippen molar-refractivity contribution >= 4 is 76.5 Å². The Balaban J connectivity index is 1.31. The first-order chi connectivity index (χ1) is 24.8. The molecule has 4 aromatic heterocycles. The van der Waals surface area contributed by atoms with Crippen molar-refractivity contribution in [3.05, 3.63) is 146 Å². The van der Waals surface area contributed by atoms with Gasteiger partial charge in [0.1, 0.15) is 22.7 Å². The average Bonchev–Trinajstić information content (AvgIpc) is 3.83. The summed E-state index contributed by atoms with van der Waals surface area (Å²) in [6.07, 6.45) is 0. The van der Waals surface area contributed by atoms with Gasteiger partial charge >= 0.3 is 0 Å². The topological polar surface area (TPSA) is 58.0 Å². The van der Waals surface area contributed by atoms with Crippen molar-refractivity contribution in [2.45, 2.75) is 0 Å². The molecule has 0 amide bonds. The molecule has 6 nitrogen and oxygen atoms in total. The summed E-state index contributed by atoms with van der Waals surface area (Å²) in [5.41, 5.74) is 9.72. The fourth-order valence-corrected chi connectivity index (χ4v) is 8.26. The zero-order valence-electron chi connectivity index (χ0n) is 26.5. The monoisotopic (exact) mass is 640 g/mol. The Morgan fingerprint density at radius 1 is 0.460 bits per heavy atom. The van der Waals surface area contributed by atoms with Crippen LogP contribution in [0.15, 0.2) is 150 Å². The summed E-state index contributed by atoms with van der Waals surface area (Å²) in [4.78, 5) is 10.7. The van der Waals surface area contributed by atoms with Gasteiger partial charge in [-0.1, -0.05) is 84.9 Å². The van der Waals surface area contributed by atoms with Crippen LogP contribution in [0.3, 0.4) is 0 Å². The number of aromatic nitrogens is 4. The second kappa shape index (κ2) is 9.36. The second-order valence-corrected chi connectivity index (χ2v) is 12.9. The highest BCUT2D eigenvalue weighted by molar-refractivity contribution is 6.29. The maximum Gasteiger partial charge on any atom is 0.235 e. The molecule has 0 fully saturated rings. The third-order valence-electron chi connectivity index (χ3n) is 10.3. The Bertz CT molecular complexity index is 3240. The molecule has 0 aliphatic carbocycles. The van der Waals surface area contributed by atoms with Crippen molar-refractivity contribution in [1.29, 1.82) is 0 Å². The Morgan fingerprint density at radius 2 is 1.20 bits per heavy atom. The van der Waals surface area contributed by atoms with Crippen LogP contribution in [0.5, 0.6) is 11.5 Å². The van der Waals surface area contributed by atoms with Gasteiger partial charge in [0.2, 0.25) is 5.95 Å². The van der Waals surface area contributed by atoms with Crippen LogP contribution < -0.4 is 4.74 Å². The summed E-state index contributed by atoms with van der Waals surface area (Å²) in [6.45, 7) is 0. The van der Waals surface area contributed by atoms with E-state index in [1.54, 1.807) is 0 Å². The van der Waals surface area contributed by atoms with Crippen LogP contribution in [0.1, 0.15) is 0 Å². The largest absolute Gasteiger partial charge is 0.456 e. The van der Waals surface area contributed by atoms with E-state index in [4.69, 9.17) is 19.1 Å². The normalized spacial score (nSPS) is 12.6. The minimum Gasteiger partial charge on any atom is -0.456 e. The van der Waals surface area contributed by atoms with E-state index in [9.17, 15) is 0 Å². The van der Waals surface area contributed by atoms with Crippen molar-refractivity contribution in [1.82, 2.24) is 19.1 Å². The molecular weight excluding hydrogens is 617 g/mol. The molecule has 0 saturated carbocycles. The van der Waals surface area contributed by atoms with E-state index in [1.807, 2.05) is 48.5 Å². The maximum atomic E-state index is 6.68. The molecule has 0 N–H and O–H groups in total. The summed E-state index contributed by atoms with van der Waals surface area (Å²) in [6, 6.07) is 50.5. The molecule has 0 atom stereocenters. The zero-order chi connectivity index (χ0) is 32.5. The van der Waals surface area contributed by atoms with Crippen LogP contribution >= 0.6 is 0 Å². The number of benzene rings is 7. The van der Waals surface area contributed by atoms with Crippen LogP contribution in [0.25, 0.3) is 99.3 Å². The Hall–Kier alpha value is -6.92. The highest BCUT2D eigenvalue weighted by atomic mass is 16.5. The number of ether oxygens (including phenoxy) is 1. The molecule has 7 aromatic carbocycles. The van der Waals surface area contributed by atoms with Gasteiger partial charge in [-0.2, -0.15) is 0 Å². The first-order valence-electron chi connectivity index (χ1n) is 16.8. The average molecular weight is 641 g/mol. The van der Waals surface area contributed by atoms with Crippen LogP contribution in [0, 0.1) is 0 Å². The van der Waals surface area contributed by atoms with Gasteiger partial charge < -0.3 is 13.7 Å². The molecule has 12 rings (SSSR count). The molecule has 0 bridgehead atoms. The van der Waals surface area contributed by atoms with Crippen LogP contribution in [0.4, 0.5) is 0 Å². The molecule has 1 aliphatic rings. The van der Waals surface area contributed by atoms with E-state index in [1.165, 1.54) is 0 Å². The van der Waals surface area contributed by atoms with Crippen LogP contribution in [0.2, 0.25) is 0 Å². The standard InChI is InChI=1S/C44H24N4O2/c1-2-11-25(12-3-1)47-34-24-23-29-27-14-5-8-18-35(27)50-43(29)38(34)31-22-21-28-26-13-4-7-17-33(26)48(41(28)42(31)47)44-45-32-16-10-20-37-39(32)40(46-44)30-15-6-9-19-36(30)49-37/h1-24H. The molecule has 50 heavy (non-hydrogen) atoms. The predicted octanol–water partition coefficient (Wildman–Crippen LogP) is 11.5. The number of para-hydroxylation sites is 4. The summed E-state index contributed by atoms with van der Waals surface area (Å²) in [5, 5.41) is 7.60. The van der Waals surface area contributed by atoms with Crippen molar-refractivity contribution in [3.63, 3.8) is 0 Å². The predicted molar refractivity (Wildman–Crippen MR) is 201 cm³/mol. The number of rotatable bonds is 2. The fourth-order valence-electron chi connectivity index (χ4n) is 8.26. The van der Waals surface area contributed by atoms with E-state index in [-0.39, 0.29) is 0 Å². The molecule has 11 aromatic rings. The number of fused-ring (bicyclic) bond motifs is 13. The number of nitrogens with zero attached hydrogens (tertiary/aromatic N) is 4. The third-order valence-corrected chi connectivity index (χ3v) is 10.3. The Labute approximate surface area is 284 Å². The SMILES string of the molecule is c1ccc(-n2c3ccc4c5ccccc5oc4c3c3ccc4c5ccccc5n(-c5nc6c7c(cccc7n5)Oc5ccccc5-6)c4c32)cc1. The van der Waals surface area contributed by atoms with E-state index in [0.717, 1.165) is 105 Å². The first-order valence-corrected chi connectivity index (χ1v) is 16.8. The summed E-state index contributed by atoms with van der Waals surface area (Å²) in [5.74, 6) is 2.17. The van der Waals surface area contributed by atoms with Gasteiger partial charge in [0.15, 0.2) is 0 Å². The maximum absolute atomic E-state index is 6.68. The summed E-state index contributed by atoms with van der Waals surface area (Å²) >= 11 is 0. The fraction of sp³-hybridized carbons (Fsp3) is 0. The highest BCUT2D eigenvalue weighted by Crippen LogP contribution is 2.47. The van der Waals surface area contributed by atoms with Gasteiger partial charge in [-0.05, 0) is 60.7 Å². The Morgan fingerprint density at radius 3 is 2.14 bits per heavy atom. The number of hydrogen-bond acceptors (Lipinski definition) is 4. The quantitative estimate of drug-likeness (QED) is 0.189. The lowest BCUT2D eigenvalue weighted by molar-refractivity contribution is 0.486. The van der Waals surface area contributed by atoms with Gasteiger partial charge in [-0.25, -0.2) is 9.97 Å². The van der Waals surface area contributed by atoms with Gasteiger partial charge in [0.05, 0.1) is 44.0 Å². The Kier molecular flexibility index (Phi) is 4.89. The van der Waals surface area contributed by atoms with Crippen molar-refractivity contribution in [3.8, 4) is 34.4 Å². The number of furan rings is 1. The van der Waals surface area contributed by atoms with Gasteiger partial charge in [-0.15, -0.1) is 0 Å². The molecule has 0 unspecified atom stereocenters. The first kappa shape index (κ1) is 26.1. The van der Waals surface area contributed by atoms with Crippen molar-refractivity contribution in [2.24, 2.45) is 0 Å². The van der Waals surface area contributed by atoms with E-state index >= 15 is 0 Å². The molecule has 6 heteroatoms. The van der Waals surface area contributed by atoms with Crippen LogP contribution in [-0.4, -0.2) is 19.1 Å². The lowest BCUT2D eigenvalue weighted by Crippen LogP contribution is -2.07. The molecule has 0 spiro atoms. The van der Waals surface area contributed by atoms with E-state index in [2.05, 4.69) is 106 Å². The number of hydrogen-bond donors (Lipinski definition) is 0. The summed E-state index contributed by atoms with van der Waals surface area (Å²) in [7, 11) is 0. The zero-order valence-corrected chi connectivity index (χ0v) is 26.5.